The van der Waals surface area contributed by atoms with Gasteiger partial charge in [-0.15, -0.1) is 11.3 Å². The van der Waals surface area contributed by atoms with Crippen molar-refractivity contribution in [2.24, 2.45) is 0 Å². The van der Waals surface area contributed by atoms with Gasteiger partial charge in [0.05, 0.1) is 21.6 Å². The fraction of sp³-hybridized carbons (Fsp3) is 0.0435. The second kappa shape index (κ2) is 6.72. The summed E-state index contributed by atoms with van der Waals surface area (Å²) in [6, 6.07) is 18.6. The molecule has 0 saturated carbocycles. The minimum Gasteiger partial charge on any atom is -0.336 e. The van der Waals surface area contributed by atoms with Crippen molar-refractivity contribution in [2.75, 3.05) is 0 Å². The molecular formula is C23H13FN6S. The monoisotopic (exact) mass is 424 g/mol. The number of nitrogens with zero attached hydrogens (tertiary/aromatic N) is 4. The van der Waals surface area contributed by atoms with Crippen LogP contribution in [0.4, 0.5) is 4.39 Å². The Labute approximate surface area is 179 Å². The summed E-state index contributed by atoms with van der Waals surface area (Å²) in [5.74, 6) is 0.571. The Bertz CT molecular complexity index is 1580. The Balaban J connectivity index is 1.52. The number of hydrogen-bond donors (Lipinski definition) is 2. The number of thiophene rings is 1. The second-order valence-electron chi connectivity index (χ2n) is 7.08. The van der Waals surface area contributed by atoms with Crippen LogP contribution in [0.15, 0.2) is 48.7 Å². The summed E-state index contributed by atoms with van der Waals surface area (Å²) >= 11 is 1.04. The standard InChI is InChI=1S/C23H13FN6S/c1-12-4-2-3-5-13(12)14-6-7-16-20(26-14)22(30-29-16)23-27-15-10-11-25-21(19(15)28-23)17-8-9-18(24)31-17/h4-11H,1H3,(H,27,28)(H,29,30). The van der Waals surface area contributed by atoms with Gasteiger partial charge in [0.25, 0.3) is 0 Å². The van der Waals surface area contributed by atoms with Gasteiger partial charge in [-0.1, -0.05) is 12.1 Å². The van der Waals surface area contributed by atoms with E-state index in [4.69, 9.17) is 9.97 Å². The molecule has 5 aromatic heterocycles. The van der Waals surface area contributed by atoms with Crippen molar-refractivity contribution >= 4 is 33.4 Å². The molecule has 31 heavy (non-hydrogen) atoms. The molecule has 6 rings (SSSR count). The van der Waals surface area contributed by atoms with Crippen molar-refractivity contribution in [3.8, 4) is 33.3 Å². The first kappa shape index (κ1) is 17.7. The number of pyridine rings is 2. The van der Waals surface area contributed by atoms with Crippen LogP contribution < -0.4 is 0 Å². The average Bonchev–Trinajstić information content (AvgIpc) is 3.50. The minimum atomic E-state index is -0.259. The molecule has 6 aromatic rings. The Hall–Kier alpha value is -4.09. The van der Waals surface area contributed by atoms with Gasteiger partial charge in [0.15, 0.2) is 16.6 Å². The Kier molecular flexibility index (Phi) is 3.85. The number of hydrogen-bond acceptors (Lipinski definition) is 5. The zero-order valence-electron chi connectivity index (χ0n) is 16.2. The highest BCUT2D eigenvalue weighted by Crippen LogP contribution is 2.33. The molecule has 1 aromatic carbocycles. The number of aryl methyl sites for hydroxylation is 1. The molecule has 6 nitrogen and oxygen atoms in total. The number of imidazole rings is 1. The van der Waals surface area contributed by atoms with Gasteiger partial charge < -0.3 is 4.98 Å². The molecule has 0 unspecified atom stereocenters. The highest BCUT2D eigenvalue weighted by molar-refractivity contribution is 7.13. The maximum atomic E-state index is 13.6. The molecule has 8 heteroatoms. The summed E-state index contributed by atoms with van der Waals surface area (Å²) in [5, 5.41) is 7.22. The molecule has 0 saturated heterocycles. The SMILES string of the molecule is Cc1cc#ccc1-c1ccc2[nH]nc(-c3nc4c(-c5ccc(F)s5)nccc4[nH]3)c2n1. The first-order valence-electron chi connectivity index (χ1n) is 9.52. The van der Waals surface area contributed by atoms with Gasteiger partial charge in [0.1, 0.15) is 16.7 Å². The summed E-state index contributed by atoms with van der Waals surface area (Å²) in [5.41, 5.74) is 7.10. The van der Waals surface area contributed by atoms with Crippen molar-refractivity contribution < 1.29 is 4.39 Å². The van der Waals surface area contributed by atoms with E-state index in [1.165, 1.54) is 6.07 Å². The van der Waals surface area contributed by atoms with Crippen molar-refractivity contribution in [2.45, 2.75) is 6.92 Å². The van der Waals surface area contributed by atoms with E-state index in [-0.39, 0.29) is 5.13 Å². The topological polar surface area (TPSA) is 83.1 Å². The van der Waals surface area contributed by atoms with E-state index in [1.54, 1.807) is 12.3 Å². The van der Waals surface area contributed by atoms with Crippen LogP contribution in [-0.4, -0.2) is 30.1 Å². The van der Waals surface area contributed by atoms with E-state index in [2.05, 4.69) is 32.3 Å². The van der Waals surface area contributed by atoms with Gasteiger partial charge in [-0.3, -0.25) is 10.1 Å². The van der Waals surface area contributed by atoms with Crippen LogP contribution in [0.5, 0.6) is 0 Å². The average molecular weight is 424 g/mol. The fourth-order valence-corrected chi connectivity index (χ4v) is 4.34. The van der Waals surface area contributed by atoms with Crippen molar-refractivity contribution in [1.29, 1.82) is 0 Å². The van der Waals surface area contributed by atoms with E-state index >= 15 is 0 Å². The summed E-state index contributed by atoms with van der Waals surface area (Å²) in [6.07, 6.45) is 1.68. The minimum absolute atomic E-state index is 0.259. The molecule has 0 aliphatic rings. The number of aromatic nitrogens is 6. The molecule has 0 aliphatic carbocycles. The molecule has 148 valence electrons. The zero-order valence-corrected chi connectivity index (χ0v) is 17.0. The van der Waals surface area contributed by atoms with Gasteiger partial charge in [-0.05, 0) is 55.0 Å². The van der Waals surface area contributed by atoms with E-state index in [0.29, 0.717) is 28.2 Å². The largest absolute Gasteiger partial charge is 0.336 e. The van der Waals surface area contributed by atoms with Gasteiger partial charge in [-0.25, -0.2) is 9.97 Å². The molecule has 0 fully saturated rings. The van der Waals surface area contributed by atoms with E-state index in [1.807, 2.05) is 37.3 Å². The molecule has 2 N–H and O–H groups in total. The van der Waals surface area contributed by atoms with Crippen molar-refractivity contribution in [3.05, 3.63) is 71.5 Å². The van der Waals surface area contributed by atoms with Crippen molar-refractivity contribution in [3.63, 3.8) is 0 Å². The number of fused-ring (bicyclic) bond motifs is 2. The lowest BCUT2D eigenvalue weighted by molar-refractivity contribution is 0.657. The second-order valence-corrected chi connectivity index (χ2v) is 8.12. The van der Waals surface area contributed by atoms with Gasteiger partial charge in [-0.2, -0.15) is 9.49 Å². The summed E-state index contributed by atoms with van der Waals surface area (Å²) in [6.45, 7) is 2.02. The molecule has 0 bridgehead atoms. The van der Waals surface area contributed by atoms with Crippen LogP contribution >= 0.6 is 11.3 Å². The molecule has 0 aliphatic heterocycles. The van der Waals surface area contributed by atoms with E-state index in [9.17, 15) is 4.39 Å². The first-order chi connectivity index (χ1) is 15.2. The maximum Gasteiger partial charge on any atom is 0.177 e. The van der Waals surface area contributed by atoms with E-state index < -0.39 is 0 Å². The number of H-pyrrole nitrogens is 2. The molecular weight excluding hydrogens is 411 g/mol. The van der Waals surface area contributed by atoms with Gasteiger partial charge >= 0.3 is 0 Å². The predicted octanol–water partition coefficient (Wildman–Crippen LogP) is 5.34. The molecule has 0 atom stereocenters. The van der Waals surface area contributed by atoms with Gasteiger partial charge in [0, 0.05) is 11.8 Å². The van der Waals surface area contributed by atoms with Crippen LogP contribution in [0, 0.1) is 24.2 Å². The lowest BCUT2D eigenvalue weighted by Crippen LogP contribution is -1.88. The lowest BCUT2D eigenvalue weighted by atomic mass is 10.1. The highest BCUT2D eigenvalue weighted by Gasteiger charge is 2.18. The third-order valence-electron chi connectivity index (χ3n) is 5.13. The zero-order chi connectivity index (χ0) is 20.9. The van der Waals surface area contributed by atoms with Crippen molar-refractivity contribution in [1.82, 2.24) is 30.1 Å². The number of aromatic amines is 2. The van der Waals surface area contributed by atoms with Crippen LogP contribution in [0.2, 0.25) is 0 Å². The normalized spacial score (nSPS) is 11.3. The maximum absolute atomic E-state index is 13.6. The quantitative estimate of drug-likeness (QED) is 0.402. The molecule has 0 amide bonds. The summed E-state index contributed by atoms with van der Waals surface area (Å²) in [7, 11) is 0. The molecule has 0 spiro atoms. The Morgan fingerprint density at radius 2 is 1.81 bits per heavy atom. The van der Waals surface area contributed by atoms with Crippen LogP contribution in [0.3, 0.4) is 0 Å². The Morgan fingerprint density at radius 1 is 0.935 bits per heavy atom. The third kappa shape index (κ3) is 2.86. The first-order valence-corrected chi connectivity index (χ1v) is 10.3. The third-order valence-corrected chi connectivity index (χ3v) is 6.01. The van der Waals surface area contributed by atoms with Gasteiger partial charge in [0.2, 0.25) is 0 Å². The van der Waals surface area contributed by atoms with Crippen LogP contribution in [0.1, 0.15) is 5.56 Å². The van der Waals surface area contributed by atoms with Crippen LogP contribution in [-0.2, 0) is 0 Å². The Morgan fingerprint density at radius 3 is 2.65 bits per heavy atom. The number of rotatable bonds is 3. The molecule has 0 radical (unpaired) electrons. The number of nitrogens with one attached hydrogen (secondary N) is 2. The summed E-state index contributed by atoms with van der Waals surface area (Å²) < 4.78 is 13.6. The fourth-order valence-electron chi connectivity index (χ4n) is 3.61. The molecule has 5 heterocycles. The summed E-state index contributed by atoms with van der Waals surface area (Å²) in [4.78, 5) is 18.0. The number of halogens is 1. The van der Waals surface area contributed by atoms with E-state index in [0.717, 1.165) is 44.1 Å². The lowest BCUT2D eigenvalue weighted by Gasteiger charge is -2.03. The smallest absolute Gasteiger partial charge is 0.177 e. The predicted molar refractivity (Wildman–Crippen MR) is 118 cm³/mol. The van der Waals surface area contributed by atoms with Crippen LogP contribution in [0.25, 0.3) is 55.4 Å². The highest BCUT2D eigenvalue weighted by atomic mass is 32.1.